The molecule has 2 N–H and O–H groups in total. The average Bonchev–Trinajstić information content (AvgIpc) is 2.38. The molecule has 0 aliphatic rings. The highest BCUT2D eigenvalue weighted by Crippen LogP contribution is 2.32. The Bertz CT molecular complexity index is 421. The van der Waals surface area contributed by atoms with Gasteiger partial charge >= 0.3 is 0 Å². The third kappa shape index (κ3) is 4.29. The molecule has 1 aromatic carbocycles. The highest BCUT2D eigenvalue weighted by molar-refractivity contribution is 5.70. The third-order valence-corrected chi connectivity index (χ3v) is 3.32. The van der Waals surface area contributed by atoms with Crippen molar-refractivity contribution in [1.82, 2.24) is 0 Å². The normalized spacial score (nSPS) is 10.9. The second kappa shape index (κ2) is 7.98. The molecule has 0 spiro atoms. The van der Waals surface area contributed by atoms with Gasteiger partial charge in [0.15, 0.2) is 11.6 Å². The summed E-state index contributed by atoms with van der Waals surface area (Å²) in [5, 5.41) is 0. The Hall–Kier alpha value is -1.45. The number of nitrogens with zero attached hydrogens (tertiary/aromatic N) is 1. The van der Waals surface area contributed by atoms with Crippen LogP contribution in [-0.2, 0) is 0 Å². The zero-order chi connectivity index (χ0) is 15.1. The fourth-order valence-electron chi connectivity index (χ4n) is 2.26. The number of ether oxygens (including phenoxy) is 1. The molecule has 4 heteroatoms. The highest BCUT2D eigenvalue weighted by atomic mass is 19.1. The Morgan fingerprint density at radius 3 is 2.50 bits per heavy atom. The number of hydrogen-bond acceptors (Lipinski definition) is 3. The lowest BCUT2D eigenvalue weighted by atomic mass is 10.1. The van der Waals surface area contributed by atoms with E-state index in [4.69, 9.17) is 10.5 Å². The SMILES string of the molecule is CCCCCN(c1cc(OCC)c(F)cc1N)C(C)C. The first-order valence-corrected chi connectivity index (χ1v) is 7.49. The fourth-order valence-corrected chi connectivity index (χ4v) is 2.26. The number of unbranched alkanes of at least 4 members (excludes halogenated alkanes) is 2. The molecule has 0 radical (unpaired) electrons. The number of nitrogen functional groups attached to an aromatic ring is 1. The first-order chi connectivity index (χ1) is 9.51. The van der Waals surface area contributed by atoms with Gasteiger partial charge in [-0.15, -0.1) is 0 Å². The second-order valence-electron chi connectivity index (χ2n) is 5.27. The standard InChI is InChI=1S/C16H27FN2O/c1-5-7-8-9-19(12(3)4)15-11-16(20-6-2)13(17)10-14(15)18/h10-12H,5-9,18H2,1-4H3. The predicted octanol–water partition coefficient (Wildman–Crippen LogP) is 4.21. The van der Waals surface area contributed by atoms with Crippen molar-refractivity contribution >= 4 is 11.4 Å². The number of anilines is 2. The zero-order valence-electron chi connectivity index (χ0n) is 13.1. The van der Waals surface area contributed by atoms with E-state index in [1.165, 1.54) is 18.9 Å². The molecule has 1 rings (SSSR count). The zero-order valence-corrected chi connectivity index (χ0v) is 13.1. The van der Waals surface area contributed by atoms with E-state index in [0.717, 1.165) is 18.7 Å². The summed E-state index contributed by atoms with van der Waals surface area (Å²) in [7, 11) is 0. The van der Waals surface area contributed by atoms with Gasteiger partial charge in [0.2, 0.25) is 0 Å². The van der Waals surface area contributed by atoms with Crippen molar-refractivity contribution in [3.63, 3.8) is 0 Å². The maximum Gasteiger partial charge on any atom is 0.167 e. The smallest absolute Gasteiger partial charge is 0.167 e. The van der Waals surface area contributed by atoms with Crippen LogP contribution in [0.5, 0.6) is 5.75 Å². The largest absolute Gasteiger partial charge is 0.491 e. The van der Waals surface area contributed by atoms with Crippen LogP contribution in [-0.4, -0.2) is 19.2 Å². The van der Waals surface area contributed by atoms with Gasteiger partial charge in [0.25, 0.3) is 0 Å². The topological polar surface area (TPSA) is 38.5 Å². The van der Waals surface area contributed by atoms with Gasteiger partial charge in [0, 0.05) is 24.7 Å². The molecular formula is C16H27FN2O. The molecule has 0 aliphatic carbocycles. The molecule has 0 unspecified atom stereocenters. The fraction of sp³-hybridized carbons (Fsp3) is 0.625. The summed E-state index contributed by atoms with van der Waals surface area (Å²) in [4.78, 5) is 2.22. The van der Waals surface area contributed by atoms with Crippen molar-refractivity contribution in [3.8, 4) is 5.75 Å². The van der Waals surface area contributed by atoms with Crippen molar-refractivity contribution < 1.29 is 9.13 Å². The van der Waals surface area contributed by atoms with Gasteiger partial charge in [-0.25, -0.2) is 4.39 Å². The maximum atomic E-state index is 13.8. The van der Waals surface area contributed by atoms with Crippen LogP contribution in [0.1, 0.15) is 47.0 Å². The molecule has 0 bridgehead atoms. The van der Waals surface area contributed by atoms with Gasteiger partial charge in [-0.05, 0) is 27.2 Å². The van der Waals surface area contributed by atoms with Crippen LogP contribution in [0.4, 0.5) is 15.8 Å². The van der Waals surface area contributed by atoms with Crippen LogP contribution in [0.15, 0.2) is 12.1 Å². The Morgan fingerprint density at radius 2 is 1.95 bits per heavy atom. The molecule has 20 heavy (non-hydrogen) atoms. The van der Waals surface area contributed by atoms with Gasteiger partial charge in [-0.3, -0.25) is 0 Å². The highest BCUT2D eigenvalue weighted by Gasteiger charge is 2.16. The summed E-state index contributed by atoms with van der Waals surface area (Å²) >= 11 is 0. The van der Waals surface area contributed by atoms with Crippen LogP contribution in [0.2, 0.25) is 0 Å². The van der Waals surface area contributed by atoms with Crippen molar-refractivity contribution in [2.75, 3.05) is 23.8 Å². The third-order valence-electron chi connectivity index (χ3n) is 3.32. The second-order valence-corrected chi connectivity index (χ2v) is 5.27. The molecule has 0 saturated heterocycles. The van der Waals surface area contributed by atoms with Crippen molar-refractivity contribution in [2.24, 2.45) is 0 Å². The molecule has 0 aliphatic heterocycles. The van der Waals surface area contributed by atoms with Gasteiger partial charge in [-0.1, -0.05) is 19.8 Å². The number of nitrogens with two attached hydrogens (primary N) is 1. The summed E-state index contributed by atoms with van der Waals surface area (Å²) in [6.07, 6.45) is 3.47. The van der Waals surface area contributed by atoms with E-state index in [1.807, 2.05) is 6.92 Å². The number of rotatable bonds is 8. The van der Waals surface area contributed by atoms with E-state index in [9.17, 15) is 4.39 Å². The molecule has 0 amide bonds. The molecule has 0 saturated carbocycles. The molecule has 0 atom stereocenters. The summed E-state index contributed by atoms with van der Waals surface area (Å²) < 4.78 is 19.1. The van der Waals surface area contributed by atoms with E-state index in [-0.39, 0.29) is 5.75 Å². The van der Waals surface area contributed by atoms with Crippen LogP contribution in [0, 0.1) is 5.82 Å². The number of halogens is 1. The van der Waals surface area contributed by atoms with Crippen LogP contribution < -0.4 is 15.4 Å². The van der Waals surface area contributed by atoms with Crippen LogP contribution >= 0.6 is 0 Å². The first-order valence-electron chi connectivity index (χ1n) is 7.49. The lowest BCUT2D eigenvalue weighted by Crippen LogP contribution is -2.32. The van der Waals surface area contributed by atoms with E-state index in [1.54, 1.807) is 6.07 Å². The minimum Gasteiger partial charge on any atom is -0.491 e. The van der Waals surface area contributed by atoms with Gasteiger partial charge in [0.1, 0.15) is 0 Å². The Labute approximate surface area is 121 Å². The first kappa shape index (κ1) is 16.6. The minimum atomic E-state index is -0.398. The molecule has 0 aromatic heterocycles. The molecule has 114 valence electrons. The summed E-state index contributed by atoms with van der Waals surface area (Å²) in [6.45, 7) is 9.63. The molecule has 0 heterocycles. The monoisotopic (exact) mass is 282 g/mol. The summed E-state index contributed by atoms with van der Waals surface area (Å²) in [6, 6.07) is 3.39. The Balaban J connectivity index is 3.02. The Kier molecular flexibility index (Phi) is 6.62. The number of benzene rings is 1. The maximum absolute atomic E-state index is 13.8. The van der Waals surface area contributed by atoms with Gasteiger partial charge < -0.3 is 15.4 Å². The quantitative estimate of drug-likeness (QED) is 0.573. The van der Waals surface area contributed by atoms with E-state index in [2.05, 4.69) is 25.7 Å². The van der Waals surface area contributed by atoms with E-state index in [0.29, 0.717) is 18.3 Å². The average molecular weight is 282 g/mol. The van der Waals surface area contributed by atoms with Crippen LogP contribution in [0.25, 0.3) is 0 Å². The van der Waals surface area contributed by atoms with Gasteiger partial charge in [-0.2, -0.15) is 0 Å². The number of hydrogen-bond donors (Lipinski definition) is 1. The molecular weight excluding hydrogens is 255 g/mol. The summed E-state index contributed by atoms with van der Waals surface area (Å²) in [5.41, 5.74) is 7.32. The molecule has 0 fully saturated rings. The molecule has 3 nitrogen and oxygen atoms in total. The van der Waals surface area contributed by atoms with Gasteiger partial charge in [0.05, 0.1) is 18.0 Å². The van der Waals surface area contributed by atoms with E-state index < -0.39 is 5.82 Å². The predicted molar refractivity (Wildman–Crippen MR) is 84.0 cm³/mol. The van der Waals surface area contributed by atoms with Crippen LogP contribution in [0.3, 0.4) is 0 Å². The lowest BCUT2D eigenvalue weighted by Gasteiger charge is -2.30. The Morgan fingerprint density at radius 1 is 1.25 bits per heavy atom. The van der Waals surface area contributed by atoms with Crippen molar-refractivity contribution in [1.29, 1.82) is 0 Å². The van der Waals surface area contributed by atoms with Crippen molar-refractivity contribution in [3.05, 3.63) is 17.9 Å². The van der Waals surface area contributed by atoms with Crippen molar-refractivity contribution in [2.45, 2.75) is 53.0 Å². The lowest BCUT2D eigenvalue weighted by molar-refractivity contribution is 0.321. The minimum absolute atomic E-state index is 0.276. The summed E-state index contributed by atoms with van der Waals surface area (Å²) in [5.74, 6) is -0.122. The molecule has 1 aromatic rings. The van der Waals surface area contributed by atoms with E-state index >= 15 is 0 Å².